The number of aromatic amines is 1. The van der Waals surface area contributed by atoms with E-state index in [-0.39, 0.29) is 5.78 Å². The van der Waals surface area contributed by atoms with Crippen LogP contribution in [0.25, 0.3) is 10.9 Å². The highest BCUT2D eigenvalue weighted by molar-refractivity contribution is 6.10. The number of carboxylic acids is 1. The van der Waals surface area contributed by atoms with Gasteiger partial charge in [-0.3, -0.25) is 9.59 Å². The third-order valence-corrected chi connectivity index (χ3v) is 4.25. The molecule has 1 aliphatic rings. The number of rotatable bonds is 3. The predicted octanol–water partition coefficient (Wildman–Crippen LogP) is 2.72. The summed E-state index contributed by atoms with van der Waals surface area (Å²) in [4.78, 5) is 26.9. The summed E-state index contributed by atoms with van der Waals surface area (Å²) in [5.74, 6) is -2.10. The van der Waals surface area contributed by atoms with Crippen molar-refractivity contribution in [1.29, 1.82) is 5.26 Å². The maximum atomic E-state index is 12.7. The Labute approximate surface area is 121 Å². The second-order valence-corrected chi connectivity index (χ2v) is 5.42. The summed E-state index contributed by atoms with van der Waals surface area (Å²) in [5.41, 5.74) is 1.75. The Morgan fingerprint density at radius 2 is 2.05 bits per heavy atom. The van der Waals surface area contributed by atoms with Crippen molar-refractivity contribution in [2.45, 2.75) is 19.3 Å². The molecule has 2 N–H and O–H groups in total. The number of H-pyrrole nitrogens is 1. The monoisotopic (exact) mass is 282 g/mol. The first-order valence-corrected chi connectivity index (χ1v) is 6.90. The van der Waals surface area contributed by atoms with Gasteiger partial charge in [-0.1, -0.05) is 6.42 Å². The van der Waals surface area contributed by atoms with Gasteiger partial charge in [-0.15, -0.1) is 0 Å². The summed E-state index contributed by atoms with van der Waals surface area (Å²) in [6, 6.07) is 7.16. The molecule has 0 radical (unpaired) electrons. The smallest absolute Gasteiger partial charge is 0.307 e. The lowest BCUT2D eigenvalue weighted by atomic mass is 9.88. The van der Waals surface area contributed by atoms with Crippen LogP contribution >= 0.6 is 0 Å². The lowest BCUT2D eigenvalue weighted by molar-refractivity contribution is -0.142. The maximum absolute atomic E-state index is 12.7. The quantitative estimate of drug-likeness (QED) is 0.846. The van der Waals surface area contributed by atoms with Crippen molar-refractivity contribution in [1.82, 2.24) is 4.98 Å². The fourth-order valence-electron chi connectivity index (χ4n) is 3.16. The highest BCUT2D eigenvalue weighted by Gasteiger charge is 2.38. The predicted molar refractivity (Wildman–Crippen MR) is 75.8 cm³/mol. The first-order valence-electron chi connectivity index (χ1n) is 6.90. The van der Waals surface area contributed by atoms with Crippen LogP contribution in [0.2, 0.25) is 0 Å². The maximum Gasteiger partial charge on any atom is 0.307 e. The molecule has 3 rings (SSSR count). The lowest BCUT2D eigenvalue weighted by Crippen LogP contribution is -2.25. The normalized spacial score (nSPS) is 21.3. The van der Waals surface area contributed by atoms with Gasteiger partial charge in [0.15, 0.2) is 5.78 Å². The molecule has 1 heterocycles. The Hall–Kier alpha value is -2.61. The van der Waals surface area contributed by atoms with Crippen molar-refractivity contribution >= 4 is 22.7 Å². The van der Waals surface area contributed by atoms with Gasteiger partial charge in [-0.2, -0.15) is 5.26 Å². The van der Waals surface area contributed by atoms with E-state index in [2.05, 4.69) is 11.1 Å². The van der Waals surface area contributed by atoms with Crippen molar-refractivity contribution in [2.75, 3.05) is 0 Å². The fourth-order valence-corrected chi connectivity index (χ4v) is 3.16. The van der Waals surface area contributed by atoms with Gasteiger partial charge in [-0.05, 0) is 31.0 Å². The van der Waals surface area contributed by atoms with E-state index in [0.29, 0.717) is 29.4 Å². The number of nitrogens with zero attached hydrogens (tertiary/aromatic N) is 1. The largest absolute Gasteiger partial charge is 0.481 e. The molecule has 0 amide bonds. The molecule has 5 heteroatoms. The number of carbonyl (C=O) groups excluding carboxylic acids is 1. The molecule has 0 bridgehead atoms. The standard InChI is InChI=1S/C16H14N2O3/c17-7-9-4-5-14-12(6-9)13(8-18-14)15(19)10-2-1-3-11(10)16(20)21/h4-6,8,10-11,18H,1-3H2,(H,20,21). The van der Waals surface area contributed by atoms with E-state index in [1.54, 1.807) is 24.4 Å². The van der Waals surface area contributed by atoms with Crippen LogP contribution in [-0.4, -0.2) is 21.8 Å². The van der Waals surface area contributed by atoms with Gasteiger partial charge in [-0.25, -0.2) is 0 Å². The first kappa shape index (κ1) is 13.4. The lowest BCUT2D eigenvalue weighted by Gasteiger charge is -2.13. The van der Waals surface area contributed by atoms with Crippen LogP contribution in [0.5, 0.6) is 0 Å². The van der Waals surface area contributed by atoms with Crippen LogP contribution in [0.4, 0.5) is 0 Å². The minimum atomic E-state index is -0.900. The van der Waals surface area contributed by atoms with Gasteiger partial charge < -0.3 is 10.1 Å². The number of carbonyl (C=O) groups is 2. The molecule has 21 heavy (non-hydrogen) atoms. The molecular weight excluding hydrogens is 268 g/mol. The SMILES string of the molecule is N#Cc1ccc2[nH]cc(C(=O)C3CCCC3C(=O)O)c2c1. The van der Waals surface area contributed by atoms with Gasteiger partial charge in [0.2, 0.25) is 0 Å². The first-order chi connectivity index (χ1) is 10.1. The van der Waals surface area contributed by atoms with Crippen molar-refractivity contribution in [3.63, 3.8) is 0 Å². The van der Waals surface area contributed by atoms with E-state index in [9.17, 15) is 14.7 Å². The summed E-state index contributed by atoms with van der Waals surface area (Å²) in [6.45, 7) is 0. The summed E-state index contributed by atoms with van der Waals surface area (Å²) in [7, 11) is 0. The average molecular weight is 282 g/mol. The number of ketones is 1. The number of aromatic nitrogens is 1. The summed E-state index contributed by atoms with van der Waals surface area (Å²) in [6.07, 6.45) is 3.54. The Morgan fingerprint density at radius 3 is 2.76 bits per heavy atom. The van der Waals surface area contributed by atoms with Crippen molar-refractivity contribution in [3.05, 3.63) is 35.5 Å². The molecule has 1 aliphatic carbocycles. The molecule has 1 aromatic heterocycles. The zero-order chi connectivity index (χ0) is 15.0. The van der Waals surface area contributed by atoms with Gasteiger partial charge >= 0.3 is 5.97 Å². The Morgan fingerprint density at radius 1 is 1.29 bits per heavy atom. The Bertz CT molecular complexity index is 769. The second kappa shape index (κ2) is 5.06. The van der Waals surface area contributed by atoms with E-state index in [1.165, 1.54) is 0 Å². The molecule has 106 valence electrons. The number of fused-ring (bicyclic) bond motifs is 1. The number of carboxylic acid groups (broad SMARTS) is 1. The molecule has 2 atom stereocenters. The van der Waals surface area contributed by atoms with E-state index in [1.807, 2.05) is 0 Å². The van der Waals surface area contributed by atoms with Crippen LogP contribution in [0.3, 0.4) is 0 Å². The summed E-state index contributed by atoms with van der Waals surface area (Å²) < 4.78 is 0. The van der Waals surface area contributed by atoms with Gasteiger partial charge in [0.1, 0.15) is 0 Å². The minimum Gasteiger partial charge on any atom is -0.481 e. The number of Topliss-reactive ketones (excluding diaryl/α,β-unsaturated/α-hetero) is 1. The topological polar surface area (TPSA) is 94.0 Å². The van der Waals surface area contributed by atoms with Crippen molar-refractivity contribution in [2.24, 2.45) is 11.8 Å². The highest BCUT2D eigenvalue weighted by atomic mass is 16.4. The highest BCUT2D eigenvalue weighted by Crippen LogP contribution is 2.35. The van der Waals surface area contributed by atoms with Crippen LogP contribution in [0, 0.1) is 23.2 Å². The number of hydrogen-bond acceptors (Lipinski definition) is 3. The summed E-state index contributed by atoms with van der Waals surface area (Å²) >= 11 is 0. The van der Waals surface area contributed by atoms with Gasteiger partial charge in [0, 0.05) is 28.6 Å². The number of aliphatic carboxylic acids is 1. The van der Waals surface area contributed by atoms with E-state index >= 15 is 0 Å². The Balaban J connectivity index is 2.02. The third kappa shape index (κ3) is 2.19. The number of hydrogen-bond donors (Lipinski definition) is 2. The molecule has 2 unspecified atom stereocenters. The van der Waals surface area contributed by atoms with Crippen LogP contribution < -0.4 is 0 Å². The van der Waals surface area contributed by atoms with Gasteiger partial charge in [0.25, 0.3) is 0 Å². The Kier molecular flexibility index (Phi) is 3.22. The van der Waals surface area contributed by atoms with Crippen LogP contribution in [0.15, 0.2) is 24.4 Å². The molecule has 1 fully saturated rings. The zero-order valence-corrected chi connectivity index (χ0v) is 11.3. The summed E-state index contributed by atoms with van der Waals surface area (Å²) in [5, 5.41) is 18.9. The third-order valence-electron chi connectivity index (χ3n) is 4.25. The number of nitrogens with one attached hydrogen (secondary N) is 1. The molecular formula is C16H14N2O3. The molecule has 0 spiro atoms. The van der Waals surface area contributed by atoms with Crippen molar-refractivity contribution < 1.29 is 14.7 Å². The molecule has 1 saturated carbocycles. The molecule has 0 aliphatic heterocycles. The number of nitriles is 1. The molecule has 5 nitrogen and oxygen atoms in total. The van der Waals surface area contributed by atoms with Gasteiger partial charge in [0.05, 0.1) is 17.6 Å². The van der Waals surface area contributed by atoms with E-state index in [4.69, 9.17) is 5.26 Å². The zero-order valence-electron chi connectivity index (χ0n) is 11.3. The van der Waals surface area contributed by atoms with E-state index in [0.717, 1.165) is 11.9 Å². The van der Waals surface area contributed by atoms with Crippen LogP contribution in [0.1, 0.15) is 35.2 Å². The minimum absolute atomic E-state index is 0.138. The van der Waals surface area contributed by atoms with Crippen molar-refractivity contribution in [3.8, 4) is 6.07 Å². The average Bonchev–Trinajstić information content (AvgIpc) is 3.12. The fraction of sp³-hybridized carbons (Fsp3) is 0.312. The molecule has 2 aromatic rings. The molecule has 0 saturated heterocycles. The number of benzene rings is 1. The molecule has 1 aromatic carbocycles. The van der Waals surface area contributed by atoms with Crippen LogP contribution in [-0.2, 0) is 4.79 Å². The second-order valence-electron chi connectivity index (χ2n) is 5.42. The van der Waals surface area contributed by atoms with E-state index < -0.39 is 17.8 Å².